The third kappa shape index (κ3) is 4.48. The van der Waals surface area contributed by atoms with Gasteiger partial charge in [-0.3, -0.25) is 4.79 Å². The second-order valence-electron chi connectivity index (χ2n) is 7.31. The molecule has 6 nitrogen and oxygen atoms in total. The maximum Gasteiger partial charge on any atom is 0.272 e. The van der Waals surface area contributed by atoms with Gasteiger partial charge in [0.05, 0.1) is 0 Å². The Balaban J connectivity index is 1.62. The molecule has 2 atom stereocenters. The highest BCUT2D eigenvalue weighted by Crippen LogP contribution is 2.30. The van der Waals surface area contributed by atoms with E-state index < -0.39 is 0 Å². The minimum Gasteiger partial charge on any atom is -0.381 e. The average molecular weight is 346 g/mol. The number of hydrogen-bond acceptors (Lipinski definition) is 5. The van der Waals surface area contributed by atoms with Crippen molar-refractivity contribution in [2.75, 3.05) is 24.7 Å². The van der Waals surface area contributed by atoms with E-state index in [0.717, 1.165) is 25.2 Å². The Morgan fingerprint density at radius 1 is 1.32 bits per heavy atom. The van der Waals surface area contributed by atoms with Crippen LogP contribution in [-0.2, 0) is 4.74 Å². The van der Waals surface area contributed by atoms with Crippen molar-refractivity contribution in [1.29, 1.82) is 0 Å². The summed E-state index contributed by atoms with van der Waals surface area (Å²) >= 11 is 0. The predicted octanol–water partition coefficient (Wildman–Crippen LogP) is 2.79. The van der Waals surface area contributed by atoms with Gasteiger partial charge in [0.1, 0.15) is 0 Å². The molecule has 0 saturated carbocycles. The number of nitrogens with zero attached hydrogens (tertiary/aromatic N) is 3. The number of amides is 1. The average Bonchev–Trinajstić information content (AvgIpc) is 3.13. The Hall–Kier alpha value is -1.69. The molecule has 0 radical (unpaired) electrons. The lowest BCUT2D eigenvalue weighted by Gasteiger charge is -2.30. The molecule has 6 heteroatoms. The monoisotopic (exact) mass is 346 g/mol. The molecule has 2 saturated heterocycles. The number of rotatable bonds is 6. The SMILES string of the molecule is CCCC(C)C1CCCN1c1ccc(C(=O)NC2CCOCC2)nn1. The van der Waals surface area contributed by atoms with Crippen molar-refractivity contribution in [2.24, 2.45) is 5.92 Å². The zero-order valence-corrected chi connectivity index (χ0v) is 15.4. The highest BCUT2D eigenvalue weighted by atomic mass is 16.5. The van der Waals surface area contributed by atoms with Crippen LogP contribution in [0.4, 0.5) is 5.82 Å². The molecule has 1 aromatic heterocycles. The summed E-state index contributed by atoms with van der Waals surface area (Å²) < 4.78 is 5.32. The molecule has 25 heavy (non-hydrogen) atoms. The Morgan fingerprint density at radius 2 is 2.12 bits per heavy atom. The molecule has 2 fully saturated rings. The van der Waals surface area contributed by atoms with Crippen molar-refractivity contribution in [3.05, 3.63) is 17.8 Å². The Morgan fingerprint density at radius 3 is 2.80 bits per heavy atom. The summed E-state index contributed by atoms with van der Waals surface area (Å²) in [5.41, 5.74) is 0.396. The third-order valence-corrected chi connectivity index (χ3v) is 5.43. The number of ether oxygens (including phenoxy) is 1. The van der Waals surface area contributed by atoms with Crippen LogP contribution in [-0.4, -0.2) is 47.9 Å². The minimum atomic E-state index is -0.136. The molecule has 1 amide bonds. The molecule has 1 N–H and O–H groups in total. The molecular formula is C19H30N4O2. The first-order valence-corrected chi connectivity index (χ1v) is 9.68. The van der Waals surface area contributed by atoms with Gasteiger partial charge in [0.2, 0.25) is 0 Å². The molecule has 0 aliphatic carbocycles. The summed E-state index contributed by atoms with van der Waals surface area (Å²) in [5, 5.41) is 11.6. The second kappa shape index (κ2) is 8.61. The first-order chi connectivity index (χ1) is 12.2. The van der Waals surface area contributed by atoms with Crippen LogP contribution in [0.25, 0.3) is 0 Å². The highest BCUT2D eigenvalue weighted by Gasteiger charge is 2.30. The zero-order valence-electron chi connectivity index (χ0n) is 15.4. The standard InChI is InChI=1S/C19H30N4O2/c1-3-5-14(2)17-6-4-11-23(17)18-8-7-16(21-22-18)19(24)20-15-9-12-25-13-10-15/h7-8,14-15,17H,3-6,9-13H2,1-2H3,(H,20,24). The summed E-state index contributed by atoms with van der Waals surface area (Å²) in [6.07, 6.45) is 6.59. The van der Waals surface area contributed by atoms with Gasteiger partial charge in [-0.05, 0) is 50.2 Å². The number of nitrogens with one attached hydrogen (secondary N) is 1. The summed E-state index contributed by atoms with van der Waals surface area (Å²) in [7, 11) is 0. The van der Waals surface area contributed by atoms with Crippen molar-refractivity contribution in [3.63, 3.8) is 0 Å². The fourth-order valence-corrected chi connectivity index (χ4v) is 4.02. The van der Waals surface area contributed by atoms with Crippen LogP contribution >= 0.6 is 0 Å². The molecule has 0 aromatic carbocycles. The van der Waals surface area contributed by atoms with E-state index in [1.165, 1.54) is 25.7 Å². The van der Waals surface area contributed by atoms with Crippen molar-refractivity contribution in [2.45, 2.75) is 64.5 Å². The Labute approximate surface area is 150 Å². The van der Waals surface area contributed by atoms with Gasteiger partial charge >= 0.3 is 0 Å². The van der Waals surface area contributed by atoms with Crippen molar-refractivity contribution < 1.29 is 9.53 Å². The molecule has 138 valence electrons. The van der Waals surface area contributed by atoms with Crippen LogP contribution in [0.15, 0.2) is 12.1 Å². The van der Waals surface area contributed by atoms with Crippen LogP contribution in [0.3, 0.4) is 0 Å². The van der Waals surface area contributed by atoms with E-state index >= 15 is 0 Å². The molecule has 2 aliphatic heterocycles. The maximum absolute atomic E-state index is 12.3. The lowest BCUT2D eigenvalue weighted by atomic mass is 9.95. The van der Waals surface area contributed by atoms with Crippen LogP contribution in [0.1, 0.15) is 62.9 Å². The second-order valence-corrected chi connectivity index (χ2v) is 7.31. The molecule has 3 rings (SSSR count). The van der Waals surface area contributed by atoms with E-state index in [2.05, 4.69) is 34.3 Å². The molecular weight excluding hydrogens is 316 g/mol. The fraction of sp³-hybridized carbons (Fsp3) is 0.737. The zero-order chi connectivity index (χ0) is 17.6. The van der Waals surface area contributed by atoms with Crippen LogP contribution in [0.2, 0.25) is 0 Å². The van der Waals surface area contributed by atoms with E-state index in [9.17, 15) is 4.79 Å². The third-order valence-electron chi connectivity index (χ3n) is 5.43. The van der Waals surface area contributed by atoms with Gasteiger partial charge in [-0.15, -0.1) is 10.2 Å². The van der Waals surface area contributed by atoms with Gasteiger partial charge in [-0.25, -0.2) is 0 Å². The lowest BCUT2D eigenvalue weighted by molar-refractivity contribution is 0.0693. The first kappa shape index (κ1) is 18.1. The number of carbonyl (C=O) groups excluding carboxylic acids is 1. The fourth-order valence-electron chi connectivity index (χ4n) is 4.02. The Kier molecular flexibility index (Phi) is 6.24. The van der Waals surface area contributed by atoms with Gasteiger partial charge in [0.15, 0.2) is 11.5 Å². The summed E-state index contributed by atoms with van der Waals surface area (Å²) in [6.45, 7) is 7.02. The highest BCUT2D eigenvalue weighted by molar-refractivity contribution is 5.92. The lowest BCUT2D eigenvalue weighted by Crippen LogP contribution is -2.39. The summed E-state index contributed by atoms with van der Waals surface area (Å²) in [6, 6.07) is 4.47. The van der Waals surface area contributed by atoms with Crippen molar-refractivity contribution in [1.82, 2.24) is 15.5 Å². The largest absolute Gasteiger partial charge is 0.381 e. The summed E-state index contributed by atoms with van der Waals surface area (Å²) in [5.74, 6) is 1.42. The van der Waals surface area contributed by atoms with E-state index in [-0.39, 0.29) is 11.9 Å². The quantitative estimate of drug-likeness (QED) is 0.858. The molecule has 0 spiro atoms. The molecule has 3 heterocycles. The van der Waals surface area contributed by atoms with Crippen LogP contribution in [0, 0.1) is 5.92 Å². The number of aromatic nitrogens is 2. The topological polar surface area (TPSA) is 67.4 Å². The smallest absolute Gasteiger partial charge is 0.272 e. The van der Waals surface area contributed by atoms with Gasteiger partial charge in [0.25, 0.3) is 5.91 Å². The van der Waals surface area contributed by atoms with E-state index in [0.29, 0.717) is 30.9 Å². The van der Waals surface area contributed by atoms with Crippen molar-refractivity contribution in [3.8, 4) is 0 Å². The van der Waals surface area contributed by atoms with E-state index in [4.69, 9.17) is 4.74 Å². The van der Waals surface area contributed by atoms with Gasteiger partial charge in [-0.1, -0.05) is 20.3 Å². The van der Waals surface area contributed by atoms with Gasteiger partial charge in [0, 0.05) is 31.8 Å². The van der Waals surface area contributed by atoms with Gasteiger partial charge in [-0.2, -0.15) is 0 Å². The molecule has 0 bridgehead atoms. The maximum atomic E-state index is 12.3. The van der Waals surface area contributed by atoms with E-state index in [1.54, 1.807) is 6.07 Å². The molecule has 2 aliphatic rings. The summed E-state index contributed by atoms with van der Waals surface area (Å²) in [4.78, 5) is 14.7. The molecule has 2 unspecified atom stereocenters. The first-order valence-electron chi connectivity index (χ1n) is 9.68. The van der Waals surface area contributed by atoms with Crippen LogP contribution < -0.4 is 10.2 Å². The normalized spacial score (nSPS) is 22.8. The van der Waals surface area contributed by atoms with E-state index in [1.807, 2.05) is 6.07 Å². The number of anilines is 1. The number of hydrogen-bond donors (Lipinski definition) is 1. The minimum absolute atomic E-state index is 0.136. The Bertz CT molecular complexity index is 557. The van der Waals surface area contributed by atoms with Gasteiger partial charge < -0.3 is 15.0 Å². The van der Waals surface area contributed by atoms with Crippen molar-refractivity contribution >= 4 is 11.7 Å². The number of carbonyl (C=O) groups is 1. The van der Waals surface area contributed by atoms with Crippen LogP contribution in [0.5, 0.6) is 0 Å². The predicted molar refractivity (Wildman–Crippen MR) is 97.8 cm³/mol. The molecule has 1 aromatic rings.